The molecule has 0 bridgehead atoms. The van der Waals surface area contributed by atoms with E-state index < -0.39 is 0 Å². The Morgan fingerprint density at radius 1 is 1.43 bits per heavy atom. The maximum Gasteiger partial charge on any atom is 0.225 e. The molecule has 2 unspecified atom stereocenters. The molecule has 1 fully saturated rings. The van der Waals surface area contributed by atoms with Crippen molar-refractivity contribution in [3.8, 4) is 0 Å². The molecule has 1 aliphatic heterocycles. The van der Waals surface area contributed by atoms with E-state index in [1.165, 1.54) is 5.56 Å². The molecule has 1 heterocycles. The maximum absolute atomic E-state index is 12.0. The van der Waals surface area contributed by atoms with Gasteiger partial charge < -0.3 is 15.3 Å². The van der Waals surface area contributed by atoms with Crippen molar-refractivity contribution in [3.05, 3.63) is 35.9 Å². The molecule has 5 nitrogen and oxygen atoms in total. The maximum atomic E-state index is 12.0. The molecule has 0 radical (unpaired) electrons. The topological polar surface area (TPSA) is 69.6 Å². The monoisotopic (exact) mass is 290 g/mol. The summed E-state index contributed by atoms with van der Waals surface area (Å²) in [5.41, 5.74) is 1.19. The average molecular weight is 290 g/mol. The smallest absolute Gasteiger partial charge is 0.225 e. The fourth-order valence-electron chi connectivity index (χ4n) is 2.48. The minimum atomic E-state index is -0.303. The van der Waals surface area contributed by atoms with Gasteiger partial charge in [0.15, 0.2) is 0 Å². The highest BCUT2D eigenvalue weighted by atomic mass is 16.3. The summed E-state index contributed by atoms with van der Waals surface area (Å²) in [5.74, 6) is -0.419. The summed E-state index contributed by atoms with van der Waals surface area (Å²) < 4.78 is 0. The highest BCUT2D eigenvalue weighted by Crippen LogP contribution is 2.18. The van der Waals surface area contributed by atoms with E-state index in [4.69, 9.17) is 5.11 Å². The van der Waals surface area contributed by atoms with E-state index in [9.17, 15) is 9.59 Å². The first kappa shape index (κ1) is 15.5. The third-order valence-electron chi connectivity index (χ3n) is 3.76. The van der Waals surface area contributed by atoms with E-state index in [0.29, 0.717) is 13.1 Å². The molecule has 1 aromatic rings. The lowest BCUT2D eigenvalue weighted by molar-refractivity contribution is -0.129. The number of nitrogens with one attached hydrogen (secondary N) is 1. The Hall–Kier alpha value is -1.88. The molecule has 114 valence electrons. The van der Waals surface area contributed by atoms with Crippen molar-refractivity contribution >= 4 is 11.8 Å². The van der Waals surface area contributed by atoms with E-state index in [1.807, 2.05) is 30.3 Å². The summed E-state index contributed by atoms with van der Waals surface area (Å²) in [6, 6.07) is 9.72. The molecular weight excluding hydrogens is 268 g/mol. The number of carbonyl (C=O) groups excluding carboxylic acids is 2. The summed E-state index contributed by atoms with van der Waals surface area (Å²) >= 11 is 0. The van der Waals surface area contributed by atoms with Gasteiger partial charge in [-0.2, -0.15) is 0 Å². The quantitative estimate of drug-likeness (QED) is 0.805. The lowest BCUT2D eigenvalue weighted by Gasteiger charge is -2.17. The van der Waals surface area contributed by atoms with E-state index >= 15 is 0 Å². The van der Waals surface area contributed by atoms with Crippen molar-refractivity contribution in [2.75, 3.05) is 19.7 Å². The summed E-state index contributed by atoms with van der Waals surface area (Å²) in [5, 5.41) is 11.7. The fraction of sp³-hybridized carbons (Fsp3) is 0.500. The van der Waals surface area contributed by atoms with Crippen LogP contribution in [0.1, 0.15) is 18.9 Å². The van der Waals surface area contributed by atoms with Gasteiger partial charge in [0.2, 0.25) is 11.8 Å². The Morgan fingerprint density at radius 2 is 2.14 bits per heavy atom. The molecule has 5 heteroatoms. The molecule has 0 aromatic heterocycles. The Balaban J connectivity index is 1.83. The number of amides is 2. The van der Waals surface area contributed by atoms with Gasteiger partial charge in [0.25, 0.3) is 0 Å². The van der Waals surface area contributed by atoms with Gasteiger partial charge in [-0.05, 0) is 18.9 Å². The molecule has 0 saturated carbocycles. The standard InChI is InChI=1S/C16H22N2O3/c1-12(11-19)17-16(21)14-9-15(20)18(10-14)8-7-13-5-3-2-4-6-13/h2-6,12,14,19H,7-11H2,1H3,(H,17,21). The van der Waals surface area contributed by atoms with Gasteiger partial charge in [-0.3, -0.25) is 9.59 Å². The summed E-state index contributed by atoms with van der Waals surface area (Å²) in [6.45, 7) is 2.75. The van der Waals surface area contributed by atoms with E-state index in [-0.39, 0.29) is 36.8 Å². The van der Waals surface area contributed by atoms with Gasteiger partial charge in [-0.25, -0.2) is 0 Å². The van der Waals surface area contributed by atoms with E-state index in [0.717, 1.165) is 6.42 Å². The van der Waals surface area contributed by atoms with E-state index in [1.54, 1.807) is 11.8 Å². The van der Waals surface area contributed by atoms with Crippen LogP contribution in [0.5, 0.6) is 0 Å². The Morgan fingerprint density at radius 3 is 2.81 bits per heavy atom. The fourth-order valence-corrected chi connectivity index (χ4v) is 2.48. The Bertz CT molecular complexity index is 490. The van der Waals surface area contributed by atoms with Crippen LogP contribution in [0.4, 0.5) is 0 Å². The van der Waals surface area contributed by atoms with Crippen LogP contribution in [0, 0.1) is 5.92 Å². The molecule has 1 saturated heterocycles. The van der Waals surface area contributed by atoms with Crippen molar-refractivity contribution in [2.45, 2.75) is 25.8 Å². The highest BCUT2D eigenvalue weighted by molar-refractivity contribution is 5.89. The molecule has 0 spiro atoms. The first-order valence-electron chi connectivity index (χ1n) is 7.33. The number of aliphatic hydroxyl groups excluding tert-OH is 1. The molecular formula is C16H22N2O3. The summed E-state index contributed by atoms with van der Waals surface area (Å²) in [7, 11) is 0. The third-order valence-corrected chi connectivity index (χ3v) is 3.76. The normalized spacial score (nSPS) is 19.6. The van der Waals surface area contributed by atoms with Crippen LogP contribution in [-0.2, 0) is 16.0 Å². The van der Waals surface area contributed by atoms with Crippen LogP contribution >= 0.6 is 0 Å². The number of nitrogens with zero attached hydrogens (tertiary/aromatic N) is 1. The third kappa shape index (κ3) is 4.29. The first-order chi connectivity index (χ1) is 10.1. The zero-order chi connectivity index (χ0) is 15.2. The van der Waals surface area contributed by atoms with Crippen LogP contribution in [0.15, 0.2) is 30.3 Å². The lowest BCUT2D eigenvalue weighted by atomic mass is 10.1. The number of likely N-dealkylation sites (tertiary alicyclic amines) is 1. The molecule has 2 atom stereocenters. The predicted octanol–water partition coefficient (Wildman–Crippen LogP) is 0.575. The van der Waals surface area contributed by atoms with Gasteiger partial charge in [0.1, 0.15) is 0 Å². The molecule has 2 rings (SSSR count). The average Bonchev–Trinajstić information content (AvgIpc) is 2.87. The van der Waals surface area contributed by atoms with Crippen molar-refractivity contribution in [2.24, 2.45) is 5.92 Å². The molecule has 1 aliphatic rings. The van der Waals surface area contributed by atoms with Crippen molar-refractivity contribution < 1.29 is 14.7 Å². The van der Waals surface area contributed by atoms with Crippen LogP contribution in [0.2, 0.25) is 0 Å². The number of carbonyl (C=O) groups is 2. The molecule has 21 heavy (non-hydrogen) atoms. The van der Waals surface area contributed by atoms with Crippen LogP contribution in [-0.4, -0.2) is 47.6 Å². The minimum Gasteiger partial charge on any atom is -0.394 e. The highest BCUT2D eigenvalue weighted by Gasteiger charge is 2.34. The first-order valence-corrected chi connectivity index (χ1v) is 7.33. The van der Waals surface area contributed by atoms with Crippen molar-refractivity contribution in [1.29, 1.82) is 0 Å². The minimum absolute atomic E-state index is 0.0303. The van der Waals surface area contributed by atoms with Gasteiger partial charge in [0, 0.05) is 25.6 Å². The van der Waals surface area contributed by atoms with Gasteiger partial charge >= 0.3 is 0 Å². The van der Waals surface area contributed by atoms with Crippen LogP contribution in [0.25, 0.3) is 0 Å². The predicted molar refractivity (Wildman–Crippen MR) is 79.5 cm³/mol. The zero-order valence-electron chi connectivity index (χ0n) is 12.3. The number of rotatable bonds is 6. The number of hydrogen-bond acceptors (Lipinski definition) is 3. The molecule has 2 N–H and O–H groups in total. The number of aliphatic hydroxyl groups is 1. The summed E-state index contributed by atoms with van der Waals surface area (Å²) in [6.07, 6.45) is 1.06. The van der Waals surface area contributed by atoms with Crippen LogP contribution < -0.4 is 5.32 Å². The van der Waals surface area contributed by atoms with Gasteiger partial charge in [-0.1, -0.05) is 30.3 Å². The van der Waals surface area contributed by atoms with Crippen molar-refractivity contribution in [1.82, 2.24) is 10.2 Å². The second-order valence-electron chi connectivity index (χ2n) is 5.57. The lowest BCUT2D eigenvalue weighted by Crippen LogP contribution is -2.40. The molecule has 1 aromatic carbocycles. The van der Waals surface area contributed by atoms with E-state index in [2.05, 4.69) is 5.32 Å². The molecule has 2 amide bonds. The Labute approximate surface area is 125 Å². The van der Waals surface area contributed by atoms with Crippen LogP contribution in [0.3, 0.4) is 0 Å². The second-order valence-corrected chi connectivity index (χ2v) is 5.57. The largest absolute Gasteiger partial charge is 0.394 e. The zero-order valence-corrected chi connectivity index (χ0v) is 12.3. The van der Waals surface area contributed by atoms with Gasteiger partial charge in [0.05, 0.1) is 12.5 Å². The number of hydrogen-bond donors (Lipinski definition) is 2. The number of benzene rings is 1. The summed E-state index contributed by atoms with van der Waals surface area (Å²) in [4.78, 5) is 25.7. The second kappa shape index (κ2) is 7.22. The Kier molecular flexibility index (Phi) is 5.33. The van der Waals surface area contributed by atoms with Gasteiger partial charge in [-0.15, -0.1) is 0 Å². The molecule has 0 aliphatic carbocycles. The van der Waals surface area contributed by atoms with Crippen molar-refractivity contribution in [3.63, 3.8) is 0 Å². The SMILES string of the molecule is CC(CO)NC(=O)C1CC(=O)N(CCc2ccccc2)C1.